The summed E-state index contributed by atoms with van der Waals surface area (Å²) in [5.74, 6) is 2.21. The van der Waals surface area contributed by atoms with Gasteiger partial charge in [-0.2, -0.15) is 0 Å². The van der Waals surface area contributed by atoms with Gasteiger partial charge in [0.1, 0.15) is 17.9 Å². The van der Waals surface area contributed by atoms with E-state index in [2.05, 4.69) is 26.3 Å². The van der Waals surface area contributed by atoms with E-state index in [1.165, 1.54) is 12.8 Å². The second kappa shape index (κ2) is 7.81. The van der Waals surface area contributed by atoms with E-state index in [4.69, 9.17) is 16.3 Å². The maximum Gasteiger partial charge on any atom is 0.132 e. The number of hydrogen-bond acceptors (Lipinski definition) is 5. The molecule has 3 rings (SSSR count). The molecule has 2 aromatic rings. The van der Waals surface area contributed by atoms with Gasteiger partial charge in [0.2, 0.25) is 0 Å². The molecule has 0 aliphatic carbocycles. The van der Waals surface area contributed by atoms with Gasteiger partial charge in [-0.1, -0.05) is 11.6 Å². The summed E-state index contributed by atoms with van der Waals surface area (Å²) in [7, 11) is 3.69. The Morgan fingerprint density at radius 3 is 2.96 bits per heavy atom. The monoisotopic (exact) mass is 346 g/mol. The lowest BCUT2D eigenvalue weighted by Crippen LogP contribution is -2.29. The zero-order valence-electron chi connectivity index (χ0n) is 14.1. The third-order valence-electron chi connectivity index (χ3n) is 4.43. The zero-order chi connectivity index (χ0) is 16.9. The van der Waals surface area contributed by atoms with Gasteiger partial charge in [0.25, 0.3) is 0 Å². The fourth-order valence-corrected chi connectivity index (χ4v) is 3.30. The molecule has 1 aliphatic heterocycles. The first-order valence-corrected chi connectivity index (χ1v) is 8.61. The van der Waals surface area contributed by atoms with Crippen LogP contribution in [0.1, 0.15) is 30.0 Å². The van der Waals surface area contributed by atoms with Gasteiger partial charge in [0, 0.05) is 42.7 Å². The number of nitrogens with zero attached hydrogens (tertiary/aromatic N) is 3. The van der Waals surface area contributed by atoms with Crippen molar-refractivity contribution in [2.24, 2.45) is 0 Å². The molecule has 6 heteroatoms. The lowest BCUT2D eigenvalue weighted by Gasteiger charge is -2.24. The number of benzene rings is 1. The second-order valence-corrected chi connectivity index (χ2v) is 6.59. The first kappa shape index (κ1) is 17.0. The van der Waals surface area contributed by atoms with E-state index in [-0.39, 0.29) is 0 Å². The molecule has 1 atom stereocenters. The Morgan fingerprint density at radius 1 is 1.33 bits per heavy atom. The molecular formula is C18H23ClN4O. The molecule has 1 unspecified atom stereocenters. The minimum atomic E-state index is 0.467. The normalized spacial score (nSPS) is 17.5. The van der Waals surface area contributed by atoms with Crippen molar-refractivity contribution in [2.45, 2.75) is 25.3 Å². The van der Waals surface area contributed by atoms with Crippen molar-refractivity contribution in [1.82, 2.24) is 15.3 Å². The summed E-state index contributed by atoms with van der Waals surface area (Å²) in [5.41, 5.74) is 2.14. The Labute approximate surface area is 148 Å². The van der Waals surface area contributed by atoms with Crippen LogP contribution in [0.4, 0.5) is 5.82 Å². The van der Waals surface area contributed by atoms with Crippen LogP contribution in [-0.4, -0.2) is 37.2 Å². The fourth-order valence-electron chi connectivity index (χ4n) is 3.11. The van der Waals surface area contributed by atoms with E-state index >= 15 is 0 Å². The minimum absolute atomic E-state index is 0.467. The van der Waals surface area contributed by atoms with Gasteiger partial charge >= 0.3 is 0 Å². The molecule has 1 fully saturated rings. The quantitative estimate of drug-likeness (QED) is 0.900. The molecule has 0 saturated carbocycles. The molecule has 0 bridgehead atoms. The highest BCUT2D eigenvalue weighted by Gasteiger charge is 2.18. The molecule has 24 heavy (non-hydrogen) atoms. The van der Waals surface area contributed by atoms with E-state index in [1.807, 2.05) is 25.2 Å². The average molecular weight is 347 g/mol. The van der Waals surface area contributed by atoms with Crippen molar-refractivity contribution in [3.05, 3.63) is 46.9 Å². The number of halogens is 1. The van der Waals surface area contributed by atoms with E-state index in [0.29, 0.717) is 17.5 Å². The maximum absolute atomic E-state index is 6.12. The van der Waals surface area contributed by atoms with Crippen molar-refractivity contribution < 1.29 is 4.74 Å². The predicted octanol–water partition coefficient (Wildman–Crippen LogP) is 3.24. The number of piperidine rings is 1. The number of nitrogens with one attached hydrogen (secondary N) is 1. The number of hydrogen-bond donors (Lipinski definition) is 1. The smallest absolute Gasteiger partial charge is 0.132 e. The van der Waals surface area contributed by atoms with Gasteiger partial charge in [0.05, 0.1) is 12.8 Å². The summed E-state index contributed by atoms with van der Waals surface area (Å²) in [6.45, 7) is 2.76. The fraction of sp³-hybridized carbons (Fsp3) is 0.444. The summed E-state index contributed by atoms with van der Waals surface area (Å²) in [6.07, 6.45) is 4.03. The van der Waals surface area contributed by atoms with E-state index in [0.717, 1.165) is 35.9 Å². The van der Waals surface area contributed by atoms with Gasteiger partial charge < -0.3 is 15.0 Å². The Kier molecular flexibility index (Phi) is 5.53. The lowest BCUT2D eigenvalue weighted by molar-refractivity contribution is 0.409. The summed E-state index contributed by atoms with van der Waals surface area (Å²) >= 11 is 6.12. The zero-order valence-corrected chi connectivity index (χ0v) is 14.9. The van der Waals surface area contributed by atoms with Gasteiger partial charge in [-0.25, -0.2) is 9.97 Å². The molecule has 1 saturated heterocycles. The van der Waals surface area contributed by atoms with Crippen LogP contribution in [0, 0.1) is 0 Å². The topological polar surface area (TPSA) is 50.3 Å². The second-order valence-electron chi connectivity index (χ2n) is 6.16. The molecule has 0 amide bonds. The number of rotatable bonds is 5. The SMILES string of the molecule is COc1ccc(Cl)cc1CN(C)c1cc(C2CCCNC2)ncn1. The van der Waals surface area contributed by atoms with Crippen LogP contribution in [0.25, 0.3) is 0 Å². The van der Waals surface area contributed by atoms with E-state index < -0.39 is 0 Å². The number of ether oxygens (including phenoxy) is 1. The molecule has 0 radical (unpaired) electrons. The van der Waals surface area contributed by atoms with E-state index in [9.17, 15) is 0 Å². The van der Waals surface area contributed by atoms with Crippen molar-refractivity contribution in [3.63, 3.8) is 0 Å². The van der Waals surface area contributed by atoms with Crippen molar-refractivity contribution >= 4 is 17.4 Å². The van der Waals surface area contributed by atoms with Crippen molar-refractivity contribution in [3.8, 4) is 5.75 Å². The maximum atomic E-state index is 6.12. The summed E-state index contributed by atoms with van der Waals surface area (Å²) < 4.78 is 5.43. The van der Waals surface area contributed by atoms with Crippen molar-refractivity contribution in [1.29, 1.82) is 0 Å². The Hall–Kier alpha value is -1.85. The van der Waals surface area contributed by atoms with Crippen LogP contribution in [0.2, 0.25) is 5.02 Å². The van der Waals surface area contributed by atoms with Gasteiger partial charge in [0.15, 0.2) is 0 Å². The van der Waals surface area contributed by atoms with Gasteiger partial charge in [-0.3, -0.25) is 0 Å². The van der Waals surface area contributed by atoms with Crippen LogP contribution < -0.4 is 15.0 Å². The van der Waals surface area contributed by atoms with Crippen LogP contribution >= 0.6 is 11.6 Å². The number of anilines is 1. The molecule has 5 nitrogen and oxygen atoms in total. The standard InChI is InChI=1S/C18H23ClN4O/c1-23(11-14-8-15(19)5-6-17(14)24-2)18-9-16(21-12-22-18)13-4-3-7-20-10-13/h5-6,8-9,12-13,20H,3-4,7,10-11H2,1-2H3. The molecular weight excluding hydrogens is 324 g/mol. The lowest BCUT2D eigenvalue weighted by atomic mass is 9.96. The molecule has 2 heterocycles. The van der Waals surface area contributed by atoms with Crippen LogP contribution in [0.5, 0.6) is 5.75 Å². The van der Waals surface area contributed by atoms with Gasteiger partial charge in [-0.15, -0.1) is 0 Å². The highest BCUT2D eigenvalue weighted by atomic mass is 35.5. The third kappa shape index (κ3) is 3.97. The molecule has 1 aromatic heterocycles. The average Bonchev–Trinajstić information content (AvgIpc) is 2.63. The largest absolute Gasteiger partial charge is 0.496 e. The molecule has 1 N–H and O–H groups in total. The van der Waals surface area contributed by atoms with Crippen LogP contribution in [-0.2, 0) is 6.54 Å². The van der Waals surface area contributed by atoms with Gasteiger partial charge in [-0.05, 0) is 37.6 Å². The summed E-state index contributed by atoms with van der Waals surface area (Å²) in [6, 6.07) is 7.76. The van der Waals surface area contributed by atoms with Crippen LogP contribution in [0.15, 0.2) is 30.6 Å². The number of methoxy groups -OCH3 is 1. The van der Waals surface area contributed by atoms with Crippen molar-refractivity contribution in [2.75, 3.05) is 32.1 Å². The highest BCUT2D eigenvalue weighted by Crippen LogP contribution is 2.27. The third-order valence-corrected chi connectivity index (χ3v) is 4.67. The minimum Gasteiger partial charge on any atom is -0.496 e. The Balaban J connectivity index is 1.77. The number of aromatic nitrogens is 2. The molecule has 0 spiro atoms. The first-order valence-electron chi connectivity index (χ1n) is 8.23. The predicted molar refractivity (Wildman–Crippen MR) is 97.0 cm³/mol. The van der Waals surface area contributed by atoms with E-state index in [1.54, 1.807) is 13.4 Å². The molecule has 1 aromatic carbocycles. The summed E-state index contributed by atoms with van der Waals surface area (Å²) in [4.78, 5) is 11.0. The summed E-state index contributed by atoms with van der Waals surface area (Å²) in [5, 5.41) is 4.14. The molecule has 128 valence electrons. The first-order chi connectivity index (χ1) is 11.7. The van der Waals surface area contributed by atoms with Crippen LogP contribution in [0.3, 0.4) is 0 Å². The Morgan fingerprint density at radius 2 is 2.21 bits per heavy atom. The molecule has 1 aliphatic rings. The highest BCUT2D eigenvalue weighted by molar-refractivity contribution is 6.30. The Bertz CT molecular complexity index is 688.